The first-order valence-corrected chi connectivity index (χ1v) is 6.35. The third-order valence-corrected chi connectivity index (χ3v) is 3.34. The van der Waals surface area contributed by atoms with Crippen LogP contribution in [0.1, 0.15) is 27.7 Å². The van der Waals surface area contributed by atoms with E-state index in [1.165, 1.54) is 7.48 Å². The van der Waals surface area contributed by atoms with Crippen LogP contribution in [0.4, 0.5) is 0 Å². The van der Waals surface area contributed by atoms with Crippen molar-refractivity contribution in [1.82, 2.24) is 19.7 Å². The van der Waals surface area contributed by atoms with Crippen LogP contribution in [-0.4, -0.2) is 43.5 Å². The van der Waals surface area contributed by atoms with Crippen molar-refractivity contribution in [3.8, 4) is 5.82 Å². The predicted molar refractivity (Wildman–Crippen MR) is 76.0 cm³/mol. The second kappa shape index (κ2) is 5.34. The van der Waals surface area contributed by atoms with E-state index in [-0.39, 0.29) is 0 Å². The summed E-state index contributed by atoms with van der Waals surface area (Å²) >= 11 is 0. The second-order valence-corrected chi connectivity index (χ2v) is 5.56. The predicted octanol–water partition coefficient (Wildman–Crippen LogP) is 0.473. The van der Waals surface area contributed by atoms with Gasteiger partial charge in [0.2, 0.25) is 0 Å². The molecule has 0 aliphatic rings. The highest BCUT2D eigenvalue weighted by molar-refractivity contribution is 6.45. The van der Waals surface area contributed by atoms with E-state index in [0.29, 0.717) is 11.4 Å². The Morgan fingerprint density at radius 2 is 1.95 bits per heavy atom. The molecule has 0 saturated heterocycles. The highest BCUT2D eigenvalue weighted by Gasteiger charge is 2.35. The van der Waals surface area contributed by atoms with Gasteiger partial charge in [-0.1, -0.05) is 0 Å². The molecule has 1 N–H and O–H groups in total. The van der Waals surface area contributed by atoms with Crippen LogP contribution in [-0.2, 0) is 4.65 Å². The van der Waals surface area contributed by atoms with Gasteiger partial charge in [0.25, 0.3) is 0 Å². The summed E-state index contributed by atoms with van der Waals surface area (Å²) in [6.07, 6.45) is 6.68. The molecule has 7 heteroatoms. The lowest BCUT2D eigenvalue weighted by molar-refractivity contribution is -0.0893. The quantitative estimate of drug-likeness (QED) is 0.802. The highest BCUT2D eigenvalue weighted by Crippen LogP contribution is 2.24. The fraction of sp³-hybridized carbons (Fsp3) is 0.462. The molecular formula is C13H18BN4O2. The Labute approximate surface area is 119 Å². The maximum atomic E-state index is 10.00. The van der Waals surface area contributed by atoms with Crippen LogP contribution in [0.5, 0.6) is 0 Å². The van der Waals surface area contributed by atoms with E-state index in [4.69, 9.17) is 4.65 Å². The van der Waals surface area contributed by atoms with Crippen LogP contribution in [0, 0.1) is 0 Å². The molecular weight excluding hydrogens is 255 g/mol. The first-order chi connectivity index (χ1) is 9.29. The van der Waals surface area contributed by atoms with Gasteiger partial charge < -0.3 is 9.76 Å². The molecule has 20 heavy (non-hydrogen) atoms. The number of nitrogens with zero attached hydrogens (tertiary/aromatic N) is 4. The average Bonchev–Trinajstić information content (AvgIpc) is 2.89. The topological polar surface area (TPSA) is 73.1 Å². The van der Waals surface area contributed by atoms with E-state index >= 15 is 0 Å². The minimum Gasteiger partial charge on any atom is -0.425 e. The van der Waals surface area contributed by atoms with Gasteiger partial charge in [-0.3, -0.25) is 4.98 Å². The van der Waals surface area contributed by atoms with E-state index in [1.54, 1.807) is 43.3 Å². The zero-order valence-electron chi connectivity index (χ0n) is 12.1. The Balaban J connectivity index is 2.02. The minimum atomic E-state index is -0.966. The zero-order chi connectivity index (χ0) is 14.8. The van der Waals surface area contributed by atoms with Gasteiger partial charge in [-0.05, 0) is 33.8 Å². The first-order valence-electron chi connectivity index (χ1n) is 6.35. The van der Waals surface area contributed by atoms with Crippen LogP contribution >= 0.6 is 0 Å². The van der Waals surface area contributed by atoms with Crippen molar-refractivity contribution in [3.63, 3.8) is 0 Å². The maximum Gasteiger partial charge on any atom is 0.353 e. The van der Waals surface area contributed by atoms with E-state index in [1.807, 2.05) is 19.9 Å². The molecule has 0 atom stereocenters. The van der Waals surface area contributed by atoms with Gasteiger partial charge in [0, 0.05) is 18.6 Å². The van der Waals surface area contributed by atoms with Gasteiger partial charge in [-0.2, -0.15) is 5.10 Å². The fourth-order valence-electron chi connectivity index (χ4n) is 1.27. The van der Waals surface area contributed by atoms with Gasteiger partial charge >= 0.3 is 7.48 Å². The summed E-state index contributed by atoms with van der Waals surface area (Å²) in [5.41, 5.74) is -1.11. The minimum absolute atomic E-state index is 0.582. The maximum absolute atomic E-state index is 10.00. The standard InChI is InChI=1S/C13H18BN4O2/c1-12(2,19)13(3,4)20-14-10-8-16-11(9-15-10)18-7-5-6-17-18/h5-9,19H,1-4H3. The molecule has 105 valence electrons. The van der Waals surface area contributed by atoms with E-state index in [0.717, 1.165) is 0 Å². The van der Waals surface area contributed by atoms with Gasteiger partial charge in [-0.15, -0.1) is 0 Å². The van der Waals surface area contributed by atoms with Crippen LogP contribution < -0.4 is 5.59 Å². The summed E-state index contributed by atoms with van der Waals surface area (Å²) in [7, 11) is 1.50. The number of aliphatic hydroxyl groups is 1. The second-order valence-electron chi connectivity index (χ2n) is 5.56. The third kappa shape index (κ3) is 3.23. The molecule has 6 nitrogen and oxygen atoms in total. The molecule has 0 aliphatic carbocycles. The molecule has 0 fully saturated rings. The van der Waals surface area contributed by atoms with Gasteiger partial charge in [0.15, 0.2) is 5.82 Å². The fourth-order valence-corrected chi connectivity index (χ4v) is 1.27. The molecule has 0 aliphatic heterocycles. The molecule has 0 saturated carbocycles. The highest BCUT2D eigenvalue weighted by atomic mass is 16.5. The third-order valence-electron chi connectivity index (χ3n) is 3.34. The average molecular weight is 273 g/mol. The van der Waals surface area contributed by atoms with Crippen LogP contribution in [0.15, 0.2) is 30.9 Å². The number of rotatable bonds is 5. The van der Waals surface area contributed by atoms with E-state index in [9.17, 15) is 5.11 Å². The van der Waals surface area contributed by atoms with Crippen molar-refractivity contribution in [2.75, 3.05) is 0 Å². The number of hydrogen-bond acceptors (Lipinski definition) is 5. The molecule has 2 rings (SSSR count). The number of aromatic nitrogens is 4. The Morgan fingerprint density at radius 1 is 1.20 bits per heavy atom. The smallest absolute Gasteiger partial charge is 0.353 e. The Hall–Kier alpha value is -1.73. The van der Waals surface area contributed by atoms with Crippen LogP contribution in [0.3, 0.4) is 0 Å². The zero-order valence-corrected chi connectivity index (χ0v) is 12.1. The summed E-state index contributed by atoms with van der Waals surface area (Å²) in [5.74, 6) is 0.633. The van der Waals surface area contributed by atoms with Crippen molar-refractivity contribution in [2.45, 2.75) is 38.9 Å². The molecule has 0 aromatic carbocycles. The normalized spacial score (nSPS) is 12.4. The Morgan fingerprint density at radius 3 is 2.45 bits per heavy atom. The molecule has 2 aromatic heterocycles. The van der Waals surface area contributed by atoms with Crippen molar-refractivity contribution in [3.05, 3.63) is 30.9 Å². The van der Waals surface area contributed by atoms with E-state index in [2.05, 4.69) is 15.1 Å². The van der Waals surface area contributed by atoms with Crippen molar-refractivity contribution >= 4 is 13.1 Å². The monoisotopic (exact) mass is 273 g/mol. The molecule has 2 aromatic rings. The molecule has 0 spiro atoms. The Bertz CT molecular complexity index is 547. The number of hydrogen-bond donors (Lipinski definition) is 1. The summed E-state index contributed by atoms with van der Waals surface area (Å²) in [6.45, 7) is 7.03. The molecule has 0 amide bonds. The van der Waals surface area contributed by atoms with E-state index < -0.39 is 11.2 Å². The lowest BCUT2D eigenvalue weighted by Crippen LogP contribution is -2.49. The molecule has 0 unspecified atom stereocenters. The summed E-state index contributed by atoms with van der Waals surface area (Å²) in [5, 5.41) is 14.1. The van der Waals surface area contributed by atoms with Gasteiger partial charge in [-0.25, -0.2) is 9.67 Å². The molecule has 1 radical (unpaired) electrons. The summed E-state index contributed by atoms with van der Waals surface area (Å²) < 4.78 is 7.23. The summed E-state index contributed by atoms with van der Waals surface area (Å²) in [4.78, 5) is 8.48. The van der Waals surface area contributed by atoms with Crippen molar-refractivity contribution < 1.29 is 9.76 Å². The largest absolute Gasteiger partial charge is 0.425 e. The van der Waals surface area contributed by atoms with Gasteiger partial charge in [0.1, 0.15) is 0 Å². The first kappa shape index (κ1) is 14.7. The van der Waals surface area contributed by atoms with Gasteiger partial charge in [0.05, 0.1) is 23.0 Å². The van der Waals surface area contributed by atoms with Crippen molar-refractivity contribution in [2.24, 2.45) is 0 Å². The Kier molecular flexibility index (Phi) is 3.92. The lowest BCUT2D eigenvalue weighted by Gasteiger charge is -2.37. The lowest BCUT2D eigenvalue weighted by atomic mass is 9.85. The van der Waals surface area contributed by atoms with Crippen LogP contribution in [0.25, 0.3) is 5.82 Å². The van der Waals surface area contributed by atoms with Crippen molar-refractivity contribution in [1.29, 1.82) is 0 Å². The molecule has 0 bridgehead atoms. The van der Waals surface area contributed by atoms with Crippen LogP contribution in [0.2, 0.25) is 0 Å². The summed E-state index contributed by atoms with van der Waals surface area (Å²) in [6, 6.07) is 1.82. The molecule has 2 heterocycles. The SMILES string of the molecule is CC(C)(O)C(C)(C)O[B]c1cnc(-n2cccn2)cn1.